The lowest BCUT2D eigenvalue weighted by Crippen LogP contribution is -2.30. The summed E-state index contributed by atoms with van der Waals surface area (Å²) in [5.74, 6) is -0.286. The molecular formula is C18H18ClFN4O3. The molecule has 3 aromatic rings. The van der Waals surface area contributed by atoms with Crippen LogP contribution in [0.4, 0.5) is 10.3 Å². The minimum atomic E-state index is -0.450. The number of furan rings is 1. The number of rotatable bonds is 5. The van der Waals surface area contributed by atoms with Crippen LogP contribution >= 0.6 is 11.6 Å². The van der Waals surface area contributed by atoms with Crippen LogP contribution in [0, 0.1) is 19.7 Å². The zero-order valence-corrected chi connectivity index (χ0v) is 15.8. The molecule has 0 fully saturated rings. The highest BCUT2D eigenvalue weighted by atomic mass is 35.5. The van der Waals surface area contributed by atoms with Gasteiger partial charge in [-0.1, -0.05) is 17.7 Å². The third-order valence-corrected chi connectivity index (χ3v) is 4.51. The van der Waals surface area contributed by atoms with E-state index >= 15 is 0 Å². The number of anilines is 1. The molecule has 0 bridgehead atoms. The van der Waals surface area contributed by atoms with Gasteiger partial charge in [-0.3, -0.25) is 19.8 Å². The first-order valence-electron chi connectivity index (χ1n) is 8.17. The van der Waals surface area contributed by atoms with Gasteiger partial charge in [0, 0.05) is 17.1 Å². The van der Waals surface area contributed by atoms with Crippen molar-refractivity contribution in [1.29, 1.82) is 0 Å². The van der Waals surface area contributed by atoms with E-state index in [-0.39, 0.29) is 24.4 Å². The molecule has 2 heterocycles. The highest BCUT2D eigenvalue weighted by Crippen LogP contribution is 2.28. The van der Waals surface area contributed by atoms with Crippen LogP contribution in [0.15, 0.2) is 27.4 Å². The van der Waals surface area contributed by atoms with Crippen LogP contribution in [0.1, 0.15) is 17.0 Å². The van der Waals surface area contributed by atoms with Gasteiger partial charge in [0.1, 0.15) is 17.0 Å². The number of carbonyl (C=O) groups is 1. The summed E-state index contributed by atoms with van der Waals surface area (Å²) in [5.41, 5.74) is 0.457. The van der Waals surface area contributed by atoms with Crippen LogP contribution < -0.4 is 10.9 Å². The van der Waals surface area contributed by atoms with Gasteiger partial charge in [-0.25, -0.2) is 9.49 Å². The highest BCUT2D eigenvalue weighted by Gasteiger charge is 2.19. The van der Waals surface area contributed by atoms with Crippen molar-refractivity contribution in [3.05, 3.63) is 56.4 Å². The summed E-state index contributed by atoms with van der Waals surface area (Å²) in [6.07, 6.45) is 0. The van der Waals surface area contributed by atoms with Crippen LogP contribution in [-0.2, 0) is 11.3 Å². The second-order valence-corrected chi connectivity index (χ2v) is 6.70. The van der Waals surface area contributed by atoms with Gasteiger partial charge in [0.15, 0.2) is 0 Å². The molecule has 142 valence electrons. The lowest BCUT2D eigenvalue weighted by Gasteiger charge is -2.17. The summed E-state index contributed by atoms with van der Waals surface area (Å²) in [5, 5.41) is 9.98. The summed E-state index contributed by atoms with van der Waals surface area (Å²) in [6.45, 7) is 3.53. The zero-order chi connectivity index (χ0) is 19.7. The summed E-state index contributed by atoms with van der Waals surface area (Å²) >= 11 is 6.01. The van der Waals surface area contributed by atoms with Crippen molar-refractivity contribution in [1.82, 2.24) is 15.1 Å². The molecule has 9 heteroatoms. The number of likely N-dealkylation sites (N-methyl/N-ethyl adjacent to an activating group) is 1. The van der Waals surface area contributed by atoms with E-state index in [1.54, 1.807) is 31.9 Å². The minimum Gasteiger partial charge on any atom is -0.444 e. The molecule has 7 nitrogen and oxygen atoms in total. The smallest absolute Gasteiger partial charge is 0.277 e. The second-order valence-electron chi connectivity index (χ2n) is 6.30. The molecule has 0 saturated carbocycles. The van der Waals surface area contributed by atoms with Crippen molar-refractivity contribution in [2.45, 2.75) is 20.4 Å². The Hall–Kier alpha value is -2.71. The standard InChI is InChI=1S/C18H18ClFN4O3/c1-9-15-10(2)27-18(16(15)17(26)23-22-9)21-14(25)8-24(3)7-11-12(19)5-4-6-13(11)20/h4-6H,7-8H2,1-3H3,(H,21,25)(H,23,26). The number of hydrogen-bond donors (Lipinski definition) is 2. The van der Waals surface area contributed by atoms with E-state index in [0.29, 0.717) is 27.4 Å². The fraction of sp³-hybridized carbons (Fsp3) is 0.278. The molecule has 3 rings (SSSR count). The number of aryl methyl sites for hydroxylation is 2. The third-order valence-electron chi connectivity index (χ3n) is 4.15. The van der Waals surface area contributed by atoms with Crippen molar-refractivity contribution in [2.75, 3.05) is 18.9 Å². The number of benzene rings is 1. The van der Waals surface area contributed by atoms with Crippen molar-refractivity contribution in [3.8, 4) is 0 Å². The first-order chi connectivity index (χ1) is 12.8. The number of fused-ring (bicyclic) bond motifs is 1. The Labute approximate surface area is 159 Å². The van der Waals surface area contributed by atoms with Crippen molar-refractivity contribution in [2.24, 2.45) is 0 Å². The molecule has 0 spiro atoms. The molecule has 1 aromatic carbocycles. The van der Waals surface area contributed by atoms with Crippen LogP contribution in [0.5, 0.6) is 0 Å². The Balaban J connectivity index is 1.76. The zero-order valence-electron chi connectivity index (χ0n) is 15.0. The topological polar surface area (TPSA) is 91.2 Å². The summed E-state index contributed by atoms with van der Waals surface area (Å²) in [7, 11) is 1.66. The molecule has 27 heavy (non-hydrogen) atoms. The number of nitrogens with one attached hydrogen (secondary N) is 2. The first kappa shape index (κ1) is 19.1. The number of carbonyl (C=O) groups excluding carboxylic acids is 1. The first-order valence-corrected chi connectivity index (χ1v) is 8.55. The van der Waals surface area contributed by atoms with Gasteiger partial charge >= 0.3 is 0 Å². The van der Waals surface area contributed by atoms with Gasteiger partial charge in [-0.2, -0.15) is 5.10 Å². The Morgan fingerprint density at radius 2 is 2.11 bits per heavy atom. The Bertz CT molecular complexity index is 1060. The van der Waals surface area contributed by atoms with E-state index in [0.717, 1.165) is 0 Å². The quantitative estimate of drug-likeness (QED) is 0.696. The largest absolute Gasteiger partial charge is 0.444 e. The molecule has 0 atom stereocenters. The van der Waals surface area contributed by atoms with Gasteiger partial charge in [0.05, 0.1) is 17.6 Å². The van der Waals surface area contributed by atoms with E-state index in [1.807, 2.05) is 0 Å². The van der Waals surface area contributed by atoms with Crippen LogP contribution in [0.3, 0.4) is 0 Å². The van der Waals surface area contributed by atoms with E-state index in [4.69, 9.17) is 16.0 Å². The number of aromatic nitrogens is 2. The maximum atomic E-state index is 13.9. The fourth-order valence-electron chi connectivity index (χ4n) is 2.95. The predicted octanol–water partition coefficient (Wildman–Crippen LogP) is 3.00. The molecule has 0 saturated heterocycles. The Morgan fingerprint density at radius 3 is 2.81 bits per heavy atom. The fourth-order valence-corrected chi connectivity index (χ4v) is 3.17. The van der Waals surface area contributed by atoms with Crippen molar-refractivity contribution >= 4 is 34.2 Å². The molecule has 0 aliphatic carbocycles. The van der Waals surface area contributed by atoms with Crippen LogP contribution in [0.25, 0.3) is 10.8 Å². The van der Waals surface area contributed by atoms with Crippen molar-refractivity contribution in [3.63, 3.8) is 0 Å². The molecular weight excluding hydrogens is 375 g/mol. The van der Waals surface area contributed by atoms with Crippen LogP contribution in [-0.4, -0.2) is 34.6 Å². The van der Waals surface area contributed by atoms with Crippen LogP contribution in [0.2, 0.25) is 5.02 Å². The third kappa shape index (κ3) is 3.86. The maximum Gasteiger partial charge on any atom is 0.277 e. The lowest BCUT2D eigenvalue weighted by atomic mass is 10.2. The molecule has 1 amide bonds. The number of hydrogen-bond acceptors (Lipinski definition) is 5. The Kier molecular flexibility index (Phi) is 5.29. The molecule has 0 aliphatic heterocycles. The maximum absolute atomic E-state index is 13.9. The summed E-state index contributed by atoms with van der Waals surface area (Å²) < 4.78 is 19.4. The summed E-state index contributed by atoms with van der Waals surface area (Å²) in [4.78, 5) is 26.1. The van der Waals surface area contributed by atoms with E-state index in [2.05, 4.69) is 15.5 Å². The molecule has 0 unspecified atom stereocenters. The monoisotopic (exact) mass is 392 g/mol. The lowest BCUT2D eigenvalue weighted by molar-refractivity contribution is -0.117. The van der Waals surface area contributed by atoms with Crippen molar-refractivity contribution < 1.29 is 13.6 Å². The van der Waals surface area contributed by atoms with E-state index in [1.165, 1.54) is 12.1 Å². The normalized spacial score (nSPS) is 11.3. The van der Waals surface area contributed by atoms with E-state index < -0.39 is 17.3 Å². The Morgan fingerprint density at radius 1 is 1.37 bits per heavy atom. The molecule has 2 N–H and O–H groups in total. The molecule has 0 aliphatic rings. The predicted molar refractivity (Wildman–Crippen MR) is 100 cm³/mol. The van der Waals surface area contributed by atoms with E-state index in [9.17, 15) is 14.0 Å². The minimum absolute atomic E-state index is 0.0477. The van der Waals surface area contributed by atoms with Gasteiger partial charge in [0.25, 0.3) is 5.56 Å². The number of amides is 1. The number of halogens is 2. The van der Waals surface area contributed by atoms with Gasteiger partial charge in [0.2, 0.25) is 11.8 Å². The number of nitrogens with zero attached hydrogens (tertiary/aromatic N) is 2. The number of aromatic amines is 1. The van der Waals surface area contributed by atoms with Gasteiger partial charge < -0.3 is 4.42 Å². The molecule has 0 radical (unpaired) electrons. The van der Waals surface area contributed by atoms with Gasteiger partial charge in [-0.15, -0.1) is 0 Å². The average molecular weight is 393 g/mol. The second kappa shape index (κ2) is 7.50. The average Bonchev–Trinajstić information content (AvgIpc) is 2.92. The van der Waals surface area contributed by atoms with Gasteiger partial charge in [-0.05, 0) is 33.0 Å². The number of H-pyrrole nitrogens is 1. The molecule has 2 aromatic heterocycles. The summed E-state index contributed by atoms with van der Waals surface area (Å²) in [6, 6.07) is 4.43. The SMILES string of the molecule is Cc1n[nH]c(=O)c2c(NC(=O)CN(C)Cc3c(F)cccc3Cl)oc(C)c12. The highest BCUT2D eigenvalue weighted by molar-refractivity contribution is 6.31.